The van der Waals surface area contributed by atoms with Crippen LogP contribution in [0.15, 0.2) is 74.9 Å². The van der Waals surface area contributed by atoms with Crippen LogP contribution in [0.5, 0.6) is 0 Å². The van der Waals surface area contributed by atoms with Gasteiger partial charge >= 0.3 is 0 Å². The number of carbonyl (C=O) groups is 1. The molecule has 3 aromatic rings. The van der Waals surface area contributed by atoms with Crippen LogP contribution in [0.1, 0.15) is 10.6 Å². The van der Waals surface area contributed by atoms with Gasteiger partial charge < -0.3 is 4.42 Å². The minimum atomic E-state index is -0.376. The average molecular weight is 298 g/mol. The first-order valence-corrected chi connectivity index (χ1v) is 7.16. The number of hydrogen-bond donors (Lipinski definition) is 0. The highest BCUT2D eigenvalue weighted by atomic mass is 32.2. The molecule has 3 rings (SSSR count). The van der Waals surface area contributed by atoms with Gasteiger partial charge in [0.05, 0.1) is 10.5 Å². The molecule has 0 radical (unpaired) electrons. The molecule has 2 nitrogen and oxygen atoms in total. The molecule has 4 heteroatoms. The van der Waals surface area contributed by atoms with E-state index in [1.807, 2.05) is 30.3 Å². The van der Waals surface area contributed by atoms with Crippen molar-refractivity contribution in [1.82, 2.24) is 0 Å². The molecular weight excluding hydrogens is 287 g/mol. The largest absolute Gasteiger partial charge is 0.452 e. The van der Waals surface area contributed by atoms with Gasteiger partial charge in [0.2, 0.25) is 0 Å². The number of benzene rings is 2. The van der Waals surface area contributed by atoms with Gasteiger partial charge in [0.15, 0.2) is 17.8 Å². The maximum Gasteiger partial charge on any atom is 0.185 e. The second kappa shape index (κ2) is 5.97. The standard InChI is InChI=1S/C17H11FO2S/c18-15-9-5-4-8-14(15)17-16(10-12(11-19)20-17)21-13-6-2-1-3-7-13/h1-11H. The Morgan fingerprint density at radius 1 is 1.00 bits per heavy atom. The van der Waals surface area contributed by atoms with Gasteiger partial charge in [-0.1, -0.05) is 42.1 Å². The van der Waals surface area contributed by atoms with Crippen molar-refractivity contribution in [1.29, 1.82) is 0 Å². The Kier molecular flexibility index (Phi) is 3.88. The molecule has 21 heavy (non-hydrogen) atoms. The quantitative estimate of drug-likeness (QED) is 0.631. The summed E-state index contributed by atoms with van der Waals surface area (Å²) in [5, 5.41) is 0. The highest BCUT2D eigenvalue weighted by Gasteiger charge is 2.17. The van der Waals surface area contributed by atoms with Crippen molar-refractivity contribution in [3.05, 3.63) is 72.2 Å². The molecule has 0 aliphatic heterocycles. The molecule has 0 aliphatic rings. The number of hydrogen-bond acceptors (Lipinski definition) is 3. The highest BCUT2D eigenvalue weighted by molar-refractivity contribution is 7.99. The number of halogens is 1. The van der Waals surface area contributed by atoms with E-state index in [-0.39, 0.29) is 11.6 Å². The van der Waals surface area contributed by atoms with Crippen LogP contribution >= 0.6 is 11.8 Å². The molecule has 0 spiro atoms. The molecule has 0 saturated carbocycles. The molecule has 1 heterocycles. The van der Waals surface area contributed by atoms with Crippen molar-refractivity contribution < 1.29 is 13.6 Å². The number of rotatable bonds is 4. The van der Waals surface area contributed by atoms with Gasteiger partial charge in [0.25, 0.3) is 0 Å². The summed E-state index contributed by atoms with van der Waals surface area (Å²) >= 11 is 1.43. The molecule has 0 fully saturated rings. The van der Waals surface area contributed by atoms with Crippen molar-refractivity contribution >= 4 is 18.0 Å². The van der Waals surface area contributed by atoms with E-state index in [4.69, 9.17) is 4.42 Å². The average Bonchev–Trinajstić information content (AvgIpc) is 2.92. The Hall–Kier alpha value is -2.33. The first-order valence-electron chi connectivity index (χ1n) is 6.35. The minimum absolute atomic E-state index is 0.187. The molecule has 1 aromatic heterocycles. The Balaban J connectivity index is 2.06. The summed E-state index contributed by atoms with van der Waals surface area (Å²) in [7, 11) is 0. The molecule has 0 aliphatic carbocycles. The lowest BCUT2D eigenvalue weighted by Crippen LogP contribution is -1.83. The van der Waals surface area contributed by atoms with E-state index in [2.05, 4.69) is 0 Å². The molecule has 104 valence electrons. The van der Waals surface area contributed by atoms with E-state index in [1.54, 1.807) is 24.3 Å². The fourth-order valence-electron chi connectivity index (χ4n) is 1.97. The van der Waals surface area contributed by atoms with Gasteiger partial charge in [-0.15, -0.1) is 0 Å². The molecule has 0 amide bonds. The molecule has 0 saturated heterocycles. The van der Waals surface area contributed by atoms with E-state index in [9.17, 15) is 9.18 Å². The number of aldehydes is 1. The van der Waals surface area contributed by atoms with Crippen molar-refractivity contribution in [2.75, 3.05) is 0 Å². The topological polar surface area (TPSA) is 30.2 Å². The summed E-state index contributed by atoms with van der Waals surface area (Å²) in [6.45, 7) is 0. The van der Waals surface area contributed by atoms with E-state index >= 15 is 0 Å². The van der Waals surface area contributed by atoms with Gasteiger partial charge in [-0.25, -0.2) is 4.39 Å². The van der Waals surface area contributed by atoms with Crippen LogP contribution in [0, 0.1) is 5.82 Å². The second-order valence-corrected chi connectivity index (χ2v) is 5.47. The van der Waals surface area contributed by atoms with Gasteiger partial charge in [-0.05, 0) is 24.3 Å². The molecule has 0 atom stereocenters. The number of furan rings is 1. The lowest BCUT2D eigenvalue weighted by molar-refractivity contribution is 0.110. The third-order valence-corrected chi connectivity index (χ3v) is 3.95. The normalized spacial score (nSPS) is 10.5. The minimum Gasteiger partial charge on any atom is -0.452 e. The third kappa shape index (κ3) is 2.90. The third-order valence-electron chi connectivity index (χ3n) is 2.92. The van der Waals surface area contributed by atoms with Crippen LogP contribution in [-0.2, 0) is 0 Å². The Bertz CT molecular complexity index is 765. The van der Waals surface area contributed by atoms with Crippen molar-refractivity contribution in [2.45, 2.75) is 9.79 Å². The van der Waals surface area contributed by atoms with Crippen LogP contribution in [0.2, 0.25) is 0 Å². The summed E-state index contributed by atoms with van der Waals surface area (Å²) in [5.74, 6) is 0.190. The van der Waals surface area contributed by atoms with Gasteiger partial charge in [0.1, 0.15) is 5.82 Å². The van der Waals surface area contributed by atoms with E-state index in [1.165, 1.54) is 17.8 Å². The maximum atomic E-state index is 13.9. The first kappa shape index (κ1) is 13.6. The van der Waals surface area contributed by atoms with Gasteiger partial charge in [-0.3, -0.25) is 4.79 Å². The molecule has 0 N–H and O–H groups in total. The van der Waals surface area contributed by atoms with Crippen molar-refractivity contribution in [2.24, 2.45) is 0 Å². The summed E-state index contributed by atoms with van der Waals surface area (Å²) in [6, 6.07) is 17.7. The zero-order valence-corrected chi connectivity index (χ0v) is 11.8. The maximum absolute atomic E-state index is 13.9. The van der Waals surface area contributed by atoms with Crippen LogP contribution < -0.4 is 0 Å². The van der Waals surface area contributed by atoms with Crippen molar-refractivity contribution in [3.8, 4) is 11.3 Å². The van der Waals surface area contributed by atoms with E-state index in [0.29, 0.717) is 22.5 Å². The van der Waals surface area contributed by atoms with E-state index in [0.717, 1.165) is 4.90 Å². The Morgan fingerprint density at radius 3 is 2.43 bits per heavy atom. The van der Waals surface area contributed by atoms with Crippen molar-refractivity contribution in [3.63, 3.8) is 0 Å². The Labute approximate surface area is 125 Å². The molecular formula is C17H11FO2S. The lowest BCUT2D eigenvalue weighted by atomic mass is 10.1. The predicted molar refractivity (Wildman–Crippen MR) is 80.1 cm³/mol. The fraction of sp³-hybridized carbons (Fsp3) is 0. The first-order chi connectivity index (χ1) is 10.3. The van der Waals surface area contributed by atoms with Crippen LogP contribution in [0.25, 0.3) is 11.3 Å². The smallest absolute Gasteiger partial charge is 0.185 e. The second-order valence-electron chi connectivity index (χ2n) is 4.35. The van der Waals surface area contributed by atoms with Gasteiger partial charge in [-0.2, -0.15) is 0 Å². The SMILES string of the molecule is O=Cc1cc(Sc2ccccc2)c(-c2ccccc2F)o1. The van der Waals surface area contributed by atoms with Crippen LogP contribution in [-0.4, -0.2) is 6.29 Å². The lowest BCUT2D eigenvalue weighted by Gasteiger charge is -2.03. The summed E-state index contributed by atoms with van der Waals surface area (Å²) < 4.78 is 19.4. The monoisotopic (exact) mass is 298 g/mol. The summed E-state index contributed by atoms with van der Waals surface area (Å²) in [4.78, 5) is 12.7. The fourth-order valence-corrected chi connectivity index (χ4v) is 2.94. The molecule has 0 bridgehead atoms. The Morgan fingerprint density at radius 2 is 1.71 bits per heavy atom. The summed E-state index contributed by atoms with van der Waals surface area (Å²) in [5.41, 5.74) is 0.351. The van der Waals surface area contributed by atoms with E-state index < -0.39 is 0 Å². The molecule has 2 aromatic carbocycles. The summed E-state index contributed by atoms with van der Waals surface area (Å²) in [6.07, 6.45) is 0.624. The van der Waals surface area contributed by atoms with Gasteiger partial charge in [0, 0.05) is 11.0 Å². The molecule has 0 unspecified atom stereocenters. The predicted octanol–water partition coefficient (Wildman–Crippen LogP) is 5.05. The van der Waals surface area contributed by atoms with Crippen LogP contribution in [0.3, 0.4) is 0 Å². The zero-order valence-electron chi connectivity index (χ0n) is 11.0. The zero-order chi connectivity index (χ0) is 14.7. The number of carbonyl (C=O) groups excluding carboxylic acids is 1. The highest BCUT2D eigenvalue weighted by Crippen LogP contribution is 2.38. The van der Waals surface area contributed by atoms with Crippen LogP contribution in [0.4, 0.5) is 4.39 Å².